The van der Waals surface area contributed by atoms with Crippen LogP contribution in [0.2, 0.25) is 5.02 Å². The Hall–Kier alpha value is -2.49. The summed E-state index contributed by atoms with van der Waals surface area (Å²) in [5.74, 6) is 1.60. The molecule has 0 spiro atoms. The van der Waals surface area contributed by atoms with Crippen LogP contribution in [0.4, 0.5) is 16.2 Å². The molecule has 0 radical (unpaired) electrons. The largest absolute Gasteiger partial charge is 0.362 e. The van der Waals surface area contributed by atoms with Crippen LogP contribution < -0.4 is 14.9 Å². The third-order valence-corrected chi connectivity index (χ3v) is 8.00. The fourth-order valence-electron chi connectivity index (χ4n) is 4.31. The number of nitrogens with one attached hydrogen (secondary N) is 2. The van der Waals surface area contributed by atoms with Crippen molar-refractivity contribution in [2.75, 3.05) is 37.4 Å². The second-order valence-corrected chi connectivity index (χ2v) is 11.2. The van der Waals surface area contributed by atoms with Crippen LogP contribution in [0, 0.1) is 17.7 Å². The van der Waals surface area contributed by atoms with Gasteiger partial charge in [-0.3, -0.25) is 0 Å². The fourth-order valence-corrected chi connectivity index (χ4v) is 5.70. The first-order chi connectivity index (χ1) is 16.2. The van der Waals surface area contributed by atoms with E-state index in [-0.39, 0.29) is 15.8 Å². The van der Waals surface area contributed by atoms with Gasteiger partial charge < -0.3 is 10.2 Å². The van der Waals surface area contributed by atoms with Crippen LogP contribution in [0.1, 0.15) is 25.7 Å². The molecule has 0 amide bonds. The van der Waals surface area contributed by atoms with Gasteiger partial charge >= 0.3 is 0 Å². The van der Waals surface area contributed by atoms with Crippen molar-refractivity contribution in [1.82, 2.24) is 14.7 Å². The molecule has 10 heteroatoms. The molecule has 2 aromatic carbocycles. The van der Waals surface area contributed by atoms with E-state index in [9.17, 15) is 12.8 Å². The highest BCUT2D eigenvalue weighted by Gasteiger charge is 2.24. The molecule has 0 unspecified atom stereocenters. The van der Waals surface area contributed by atoms with Gasteiger partial charge in [0.25, 0.3) is 0 Å². The molecule has 3 aromatic rings. The van der Waals surface area contributed by atoms with Gasteiger partial charge in [0.1, 0.15) is 11.6 Å². The SMILES string of the molecule is CN(C)c1nc(NC[C@H]2CC[C@H](CNS(=O)(=O)c3ccc(F)c(Cl)c3)CC2)nc2ccccc12. The van der Waals surface area contributed by atoms with Gasteiger partial charge in [-0.15, -0.1) is 0 Å². The Morgan fingerprint density at radius 2 is 1.71 bits per heavy atom. The topological polar surface area (TPSA) is 87.2 Å². The molecule has 0 saturated heterocycles. The monoisotopic (exact) mass is 505 g/mol. The molecule has 0 aliphatic heterocycles. The number of hydrogen-bond acceptors (Lipinski definition) is 6. The molecule has 2 N–H and O–H groups in total. The van der Waals surface area contributed by atoms with Gasteiger partial charge in [-0.2, -0.15) is 4.98 Å². The zero-order valence-electron chi connectivity index (χ0n) is 19.3. The lowest BCUT2D eigenvalue weighted by Gasteiger charge is -2.28. The lowest BCUT2D eigenvalue weighted by atomic mass is 9.82. The predicted molar refractivity (Wildman–Crippen MR) is 134 cm³/mol. The number of rotatable bonds is 8. The van der Waals surface area contributed by atoms with Gasteiger partial charge in [-0.25, -0.2) is 22.5 Å². The highest BCUT2D eigenvalue weighted by atomic mass is 35.5. The van der Waals surface area contributed by atoms with Crippen molar-refractivity contribution in [3.63, 3.8) is 0 Å². The summed E-state index contributed by atoms with van der Waals surface area (Å²) in [4.78, 5) is 11.3. The van der Waals surface area contributed by atoms with Gasteiger partial charge in [-0.05, 0) is 67.9 Å². The van der Waals surface area contributed by atoms with E-state index in [1.165, 1.54) is 6.07 Å². The van der Waals surface area contributed by atoms with Gasteiger partial charge in [0.2, 0.25) is 16.0 Å². The standard InChI is InChI=1S/C24H29ClFN5O2S/c1-31(2)23-19-5-3-4-6-22(19)29-24(30-23)27-14-16-7-9-17(10-8-16)15-28-34(32,33)18-11-12-21(26)20(25)13-18/h3-6,11-13,16-17,28H,7-10,14-15H2,1-2H3,(H,27,29,30)/t16-,17-. The number of halogens is 2. The summed E-state index contributed by atoms with van der Waals surface area (Å²) in [5, 5.41) is 4.21. The number of fused-ring (bicyclic) bond motifs is 1. The molecule has 1 aliphatic rings. The quantitative estimate of drug-likeness (QED) is 0.462. The Morgan fingerprint density at radius 3 is 2.38 bits per heavy atom. The smallest absolute Gasteiger partial charge is 0.240 e. The Bertz CT molecular complexity index is 1260. The number of sulfonamides is 1. The zero-order valence-corrected chi connectivity index (χ0v) is 20.8. The number of nitrogens with zero attached hydrogens (tertiary/aromatic N) is 3. The molecule has 1 aliphatic carbocycles. The maximum atomic E-state index is 13.3. The summed E-state index contributed by atoms with van der Waals surface area (Å²) in [6.45, 7) is 1.13. The lowest BCUT2D eigenvalue weighted by molar-refractivity contribution is 0.284. The van der Waals surface area contributed by atoms with Crippen LogP contribution in [-0.2, 0) is 10.0 Å². The summed E-state index contributed by atoms with van der Waals surface area (Å²) in [6, 6.07) is 11.4. The van der Waals surface area contributed by atoms with Crippen LogP contribution in [0.15, 0.2) is 47.4 Å². The van der Waals surface area contributed by atoms with Gasteiger partial charge in [0, 0.05) is 32.6 Å². The van der Waals surface area contributed by atoms with Crippen molar-refractivity contribution in [1.29, 1.82) is 0 Å². The summed E-state index contributed by atoms with van der Waals surface area (Å²) in [7, 11) is 0.220. The first kappa shape index (κ1) is 24.6. The number of hydrogen-bond donors (Lipinski definition) is 2. The van der Waals surface area contributed by atoms with Gasteiger partial charge in [0.05, 0.1) is 15.4 Å². The fraction of sp³-hybridized carbons (Fsp3) is 0.417. The highest BCUT2D eigenvalue weighted by Crippen LogP contribution is 2.30. The van der Waals surface area contributed by atoms with Crippen LogP contribution in [0.3, 0.4) is 0 Å². The van der Waals surface area contributed by atoms with Crippen molar-refractivity contribution in [3.8, 4) is 0 Å². The third-order valence-electron chi connectivity index (χ3n) is 6.29. The lowest BCUT2D eigenvalue weighted by Crippen LogP contribution is -2.32. The number of benzene rings is 2. The minimum Gasteiger partial charge on any atom is -0.362 e. The average molecular weight is 506 g/mol. The Morgan fingerprint density at radius 1 is 1.03 bits per heavy atom. The Labute approximate surface area is 204 Å². The van der Waals surface area contributed by atoms with Gasteiger partial charge in [0.15, 0.2) is 0 Å². The van der Waals surface area contributed by atoms with E-state index in [2.05, 4.69) is 15.0 Å². The van der Waals surface area contributed by atoms with E-state index in [0.717, 1.165) is 61.1 Å². The van der Waals surface area contributed by atoms with Crippen LogP contribution in [-0.4, -0.2) is 45.6 Å². The van der Waals surface area contributed by atoms with Crippen molar-refractivity contribution in [2.45, 2.75) is 30.6 Å². The molecule has 0 atom stereocenters. The molecule has 1 aromatic heterocycles. The van der Waals surface area contributed by atoms with Gasteiger partial charge in [-0.1, -0.05) is 23.7 Å². The van der Waals surface area contributed by atoms with E-state index in [0.29, 0.717) is 18.4 Å². The molecule has 34 heavy (non-hydrogen) atoms. The van der Waals surface area contributed by atoms with E-state index < -0.39 is 15.8 Å². The molecule has 1 saturated carbocycles. The van der Waals surface area contributed by atoms with Crippen molar-refractivity contribution in [3.05, 3.63) is 53.3 Å². The highest BCUT2D eigenvalue weighted by molar-refractivity contribution is 7.89. The van der Waals surface area contributed by atoms with Crippen molar-refractivity contribution >= 4 is 44.3 Å². The number of para-hydroxylation sites is 1. The van der Waals surface area contributed by atoms with Crippen molar-refractivity contribution < 1.29 is 12.8 Å². The normalized spacial score (nSPS) is 18.7. The van der Waals surface area contributed by atoms with E-state index in [4.69, 9.17) is 16.6 Å². The maximum Gasteiger partial charge on any atom is 0.240 e. The molecule has 4 rings (SSSR count). The van der Waals surface area contributed by atoms with E-state index in [1.807, 2.05) is 43.3 Å². The predicted octanol–water partition coefficient (Wildman–Crippen LogP) is 4.69. The number of aromatic nitrogens is 2. The molecular weight excluding hydrogens is 477 g/mol. The Balaban J connectivity index is 1.29. The summed E-state index contributed by atoms with van der Waals surface area (Å²) < 4.78 is 41.0. The molecule has 1 fully saturated rings. The molecule has 0 bridgehead atoms. The minimum absolute atomic E-state index is 0.0238. The van der Waals surface area contributed by atoms with Crippen LogP contribution in [0.5, 0.6) is 0 Å². The van der Waals surface area contributed by atoms with Crippen molar-refractivity contribution in [2.24, 2.45) is 11.8 Å². The summed E-state index contributed by atoms with van der Waals surface area (Å²) >= 11 is 5.73. The van der Waals surface area contributed by atoms with Crippen LogP contribution >= 0.6 is 11.6 Å². The van der Waals surface area contributed by atoms with Crippen LogP contribution in [0.25, 0.3) is 10.9 Å². The average Bonchev–Trinajstić information content (AvgIpc) is 2.83. The molecule has 7 nitrogen and oxygen atoms in total. The number of anilines is 2. The maximum absolute atomic E-state index is 13.3. The second-order valence-electron chi connectivity index (χ2n) is 8.98. The molecule has 1 heterocycles. The minimum atomic E-state index is -3.72. The van der Waals surface area contributed by atoms with E-state index >= 15 is 0 Å². The third kappa shape index (κ3) is 5.76. The molecule has 182 valence electrons. The summed E-state index contributed by atoms with van der Waals surface area (Å²) in [6.07, 6.45) is 3.85. The molecular formula is C24H29ClFN5O2S. The van der Waals surface area contributed by atoms with E-state index in [1.54, 1.807) is 0 Å². The Kier molecular flexibility index (Phi) is 7.54. The zero-order chi connectivity index (χ0) is 24.3. The first-order valence-corrected chi connectivity index (χ1v) is 13.2. The first-order valence-electron chi connectivity index (χ1n) is 11.4. The summed E-state index contributed by atoms with van der Waals surface area (Å²) in [5.41, 5.74) is 0.905. The second kappa shape index (κ2) is 10.4.